The minimum absolute atomic E-state index is 0.171. The van der Waals surface area contributed by atoms with Gasteiger partial charge in [-0.3, -0.25) is 10.1 Å². The second-order valence-corrected chi connectivity index (χ2v) is 7.58. The molecule has 1 atom stereocenters. The van der Waals surface area contributed by atoms with Crippen molar-refractivity contribution in [1.82, 2.24) is 10.6 Å². The summed E-state index contributed by atoms with van der Waals surface area (Å²) in [6.07, 6.45) is 6.22. The van der Waals surface area contributed by atoms with E-state index in [9.17, 15) is 14.4 Å². The van der Waals surface area contributed by atoms with Gasteiger partial charge in [0.05, 0.1) is 0 Å². The third-order valence-electron chi connectivity index (χ3n) is 4.46. The molecular formula is C17H22N2O4S. The number of esters is 1. The van der Waals surface area contributed by atoms with E-state index < -0.39 is 24.5 Å². The highest BCUT2D eigenvalue weighted by molar-refractivity contribution is 7.14. The number of carbonyl (C=O) groups is 3. The number of hydrogen-bond acceptors (Lipinski definition) is 5. The van der Waals surface area contributed by atoms with Gasteiger partial charge < -0.3 is 10.1 Å². The predicted octanol–water partition coefficient (Wildman–Crippen LogP) is 2.41. The first-order valence-electron chi connectivity index (χ1n) is 8.44. The molecule has 2 aliphatic rings. The summed E-state index contributed by atoms with van der Waals surface area (Å²) >= 11 is 1.45. The van der Waals surface area contributed by atoms with E-state index in [1.807, 2.05) is 6.07 Å². The molecule has 24 heavy (non-hydrogen) atoms. The molecule has 1 aromatic rings. The molecule has 2 N–H and O–H groups in total. The summed E-state index contributed by atoms with van der Waals surface area (Å²) in [5.74, 6) is -0.430. The van der Waals surface area contributed by atoms with Crippen LogP contribution in [0.5, 0.6) is 0 Å². The van der Waals surface area contributed by atoms with E-state index in [2.05, 4.69) is 17.6 Å². The number of thiophene rings is 1. The molecule has 1 heterocycles. The lowest BCUT2D eigenvalue weighted by molar-refractivity contribution is -0.123. The van der Waals surface area contributed by atoms with Crippen molar-refractivity contribution in [3.63, 3.8) is 0 Å². The number of hydrogen-bond donors (Lipinski definition) is 2. The molecule has 1 saturated carbocycles. The smallest absolute Gasteiger partial charge is 0.348 e. The number of ether oxygens (including phenoxy) is 1. The van der Waals surface area contributed by atoms with Crippen molar-refractivity contribution >= 4 is 29.2 Å². The summed E-state index contributed by atoms with van der Waals surface area (Å²) in [4.78, 5) is 36.9. The first-order valence-corrected chi connectivity index (χ1v) is 9.25. The number of nitrogens with one attached hydrogen (secondary N) is 2. The van der Waals surface area contributed by atoms with E-state index >= 15 is 0 Å². The van der Waals surface area contributed by atoms with E-state index in [4.69, 9.17) is 4.74 Å². The largest absolute Gasteiger partial charge is 0.451 e. The molecule has 3 amide bonds. The van der Waals surface area contributed by atoms with Gasteiger partial charge in [0.1, 0.15) is 4.88 Å². The summed E-state index contributed by atoms with van der Waals surface area (Å²) in [5, 5.41) is 4.79. The van der Waals surface area contributed by atoms with Crippen molar-refractivity contribution in [1.29, 1.82) is 0 Å². The molecule has 6 nitrogen and oxygen atoms in total. The van der Waals surface area contributed by atoms with Crippen molar-refractivity contribution in [3.05, 3.63) is 21.4 Å². The van der Waals surface area contributed by atoms with Gasteiger partial charge in [-0.05, 0) is 49.7 Å². The minimum atomic E-state index is -0.617. The van der Waals surface area contributed by atoms with Gasteiger partial charge in [0.15, 0.2) is 6.61 Å². The van der Waals surface area contributed by atoms with Crippen LogP contribution in [0.1, 0.15) is 52.7 Å². The Hall–Kier alpha value is -1.89. The van der Waals surface area contributed by atoms with E-state index in [1.165, 1.54) is 21.8 Å². The van der Waals surface area contributed by atoms with Crippen molar-refractivity contribution in [3.8, 4) is 0 Å². The molecule has 2 aliphatic carbocycles. The van der Waals surface area contributed by atoms with Crippen molar-refractivity contribution < 1.29 is 19.1 Å². The molecule has 0 aromatic carbocycles. The molecule has 0 radical (unpaired) electrons. The second-order valence-electron chi connectivity index (χ2n) is 6.45. The van der Waals surface area contributed by atoms with Crippen LogP contribution in [0.25, 0.3) is 0 Å². The van der Waals surface area contributed by atoms with Crippen LogP contribution in [0.4, 0.5) is 4.79 Å². The lowest BCUT2D eigenvalue weighted by Gasteiger charge is -2.19. The standard InChI is InChI=1S/C17H22N2O4S/c1-2-10-3-6-13-11(7-10)8-14(24-13)16(21)23-9-15(20)19-17(22)18-12-4-5-12/h8,10,12H,2-7,9H2,1H3,(H2,18,19,20,22)/t10-/m1/s1. The molecule has 0 aliphatic heterocycles. The molecular weight excluding hydrogens is 328 g/mol. The average molecular weight is 350 g/mol. The van der Waals surface area contributed by atoms with Gasteiger partial charge in [-0.1, -0.05) is 13.3 Å². The minimum Gasteiger partial charge on any atom is -0.451 e. The van der Waals surface area contributed by atoms with Crippen LogP contribution < -0.4 is 10.6 Å². The van der Waals surface area contributed by atoms with Gasteiger partial charge in [-0.25, -0.2) is 9.59 Å². The number of amides is 3. The van der Waals surface area contributed by atoms with Crippen LogP contribution >= 0.6 is 11.3 Å². The molecule has 1 aromatic heterocycles. The van der Waals surface area contributed by atoms with Crippen LogP contribution in [0.15, 0.2) is 6.07 Å². The third-order valence-corrected chi connectivity index (χ3v) is 5.68. The fraction of sp³-hybridized carbons (Fsp3) is 0.588. The number of aryl methyl sites for hydroxylation is 1. The van der Waals surface area contributed by atoms with Gasteiger partial charge in [0, 0.05) is 10.9 Å². The van der Waals surface area contributed by atoms with E-state index in [0.29, 0.717) is 10.8 Å². The van der Waals surface area contributed by atoms with Gasteiger partial charge in [0.25, 0.3) is 5.91 Å². The van der Waals surface area contributed by atoms with E-state index in [0.717, 1.165) is 38.5 Å². The zero-order valence-electron chi connectivity index (χ0n) is 13.7. The monoisotopic (exact) mass is 350 g/mol. The molecule has 0 bridgehead atoms. The number of fused-ring (bicyclic) bond motifs is 1. The first-order chi connectivity index (χ1) is 11.5. The summed E-state index contributed by atoms with van der Waals surface area (Å²) in [7, 11) is 0. The molecule has 1 fully saturated rings. The Morgan fingerprint density at radius 2 is 2.08 bits per heavy atom. The number of rotatable bonds is 5. The normalized spacial score (nSPS) is 19.3. The lowest BCUT2D eigenvalue weighted by Crippen LogP contribution is -2.42. The van der Waals surface area contributed by atoms with Gasteiger partial charge in [-0.15, -0.1) is 11.3 Å². The van der Waals surface area contributed by atoms with Gasteiger partial charge in [0.2, 0.25) is 0 Å². The summed E-state index contributed by atoms with van der Waals surface area (Å²) in [6, 6.07) is 1.53. The highest BCUT2D eigenvalue weighted by Gasteiger charge is 2.25. The van der Waals surface area contributed by atoms with Crippen LogP contribution in [-0.4, -0.2) is 30.6 Å². The highest BCUT2D eigenvalue weighted by atomic mass is 32.1. The Morgan fingerprint density at radius 1 is 1.29 bits per heavy atom. The molecule has 130 valence electrons. The van der Waals surface area contributed by atoms with Crippen molar-refractivity contribution in [2.24, 2.45) is 5.92 Å². The van der Waals surface area contributed by atoms with Gasteiger partial charge >= 0.3 is 12.0 Å². The Morgan fingerprint density at radius 3 is 2.79 bits per heavy atom. The lowest BCUT2D eigenvalue weighted by atomic mass is 9.87. The maximum absolute atomic E-state index is 12.1. The Balaban J connectivity index is 1.47. The third kappa shape index (κ3) is 4.35. The summed E-state index contributed by atoms with van der Waals surface area (Å²) in [6.45, 7) is 1.74. The second kappa shape index (κ2) is 7.34. The van der Waals surface area contributed by atoms with E-state index in [-0.39, 0.29) is 6.04 Å². The average Bonchev–Trinajstić information content (AvgIpc) is 3.26. The number of urea groups is 1. The summed E-state index contributed by atoms with van der Waals surface area (Å²) in [5.41, 5.74) is 1.23. The quantitative estimate of drug-likeness (QED) is 0.799. The number of carbonyl (C=O) groups excluding carboxylic acids is 3. The Kier molecular flexibility index (Phi) is 5.18. The topological polar surface area (TPSA) is 84.5 Å². The van der Waals surface area contributed by atoms with Gasteiger partial charge in [-0.2, -0.15) is 0 Å². The van der Waals surface area contributed by atoms with E-state index in [1.54, 1.807) is 0 Å². The fourth-order valence-electron chi connectivity index (χ4n) is 2.86. The molecule has 0 saturated heterocycles. The molecule has 3 rings (SSSR count). The predicted molar refractivity (Wildman–Crippen MR) is 90.1 cm³/mol. The number of imide groups is 1. The zero-order valence-corrected chi connectivity index (χ0v) is 14.5. The summed E-state index contributed by atoms with van der Waals surface area (Å²) < 4.78 is 5.02. The first kappa shape index (κ1) is 17.0. The van der Waals surface area contributed by atoms with Crippen LogP contribution in [0, 0.1) is 5.92 Å². The Labute approximate surface area is 145 Å². The molecule has 7 heteroatoms. The molecule has 0 spiro atoms. The van der Waals surface area contributed by atoms with Crippen LogP contribution in [-0.2, 0) is 22.4 Å². The maximum Gasteiger partial charge on any atom is 0.348 e. The van der Waals surface area contributed by atoms with Crippen LogP contribution in [0.3, 0.4) is 0 Å². The van der Waals surface area contributed by atoms with Crippen molar-refractivity contribution in [2.75, 3.05) is 6.61 Å². The Bertz CT molecular complexity index is 651. The SMILES string of the molecule is CC[C@@H]1CCc2sc(C(=O)OCC(=O)NC(=O)NC3CC3)cc2C1. The van der Waals surface area contributed by atoms with Crippen molar-refractivity contribution in [2.45, 2.75) is 51.5 Å². The maximum atomic E-state index is 12.1. The molecule has 0 unspecified atom stereocenters. The highest BCUT2D eigenvalue weighted by Crippen LogP contribution is 2.33. The van der Waals surface area contributed by atoms with Crippen LogP contribution in [0.2, 0.25) is 0 Å². The zero-order chi connectivity index (χ0) is 17.1. The fourth-order valence-corrected chi connectivity index (χ4v) is 3.96.